The Bertz CT molecular complexity index is 820. The Morgan fingerprint density at radius 2 is 1.11 bits per heavy atom. The highest BCUT2D eigenvalue weighted by atomic mass is 32.2. The molecule has 2 aromatic rings. The van der Waals surface area contributed by atoms with E-state index in [2.05, 4.69) is 71.7 Å². The highest BCUT2D eigenvalue weighted by Crippen LogP contribution is 2.45. The number of nitrogens with zero attached hydrogens (tertiary/aromatic N) is 4. The summed E-state index contributed by atoms with van der Waals surface area (Å²) in [6, 6.07) is 20.8. The van der Waals surface area contributed by atoms with E-state index < -0.39 is 0 Å². The molecule has 0 spiro atoms. The largest absolute Gasteiger partial charge is 0.229 e. The molecule has 4 nitrogen and oxygen atoms in total. The van der Waals surface area contributed by atoms with Gasteiger partial charge in [0.1, 0.15) is 0 Å². The summed E-state index contributed by atoms with van der Waals surface area (Å²) in [6.07, 6.45) is 3.60. The van der Waals surface area contributed by atoms with Crippen molar-refractivity contribution < 1.29 is 0 Å². The minimum atomic E-state index is -0.113. The van der Waals surface area contributed by atoms with Gasteiger partial charge < -0.3 is 0 Å². The first-order chi connectivity index (χ1) is 13.8. The Morgan fingerprint density at radius 1 is 0.714 bits per heavy atom. The van der Waals surface area contributed by atoms with Crippen LogP contribution in [-0.2, 0) is 0 Å². The second kappa shape index (κ2) is 8.71. The van der Waals surface area contributed by atoms with Gasteiger partial charge in [-0.3, -0.25) is 0 Å². The molecule has 142 valence electrons. The van der Waals surface area contributed by atoms with Crippen LogP contribution in [0.3, 0.4) is 0 Å². The third-order valence-corrected chi connectivity index (χ3v) is 6.31. The van der Waals surface area contributed by atoms with Crippen LogP contribution in [0.25, 0.3) is 0 Å². The molecule has 0 saturated heterocycles. The summed E-state index contributed by atoms with van der Waals surface area (Å²) in [6.45, 7) is 7.73. The molecule has 0 N–H and O–H groups in total. The van der Waals surface area contributed by atoms with Gasteiger partial charge in [-0.1, -0.05) is 96.3 Å². The molecule has 28 heavy (non-hydrogen) atoms. The topological polar surface area (TPSA) is 31.2 Å². The quantitative estimate of drug-likeness (QED) is 0.595. The third-order valence-electron chi connectivity index (χ3n) is 4.41. The van der Waals surface area contributed by atoms with Crippen molar-refractivity contribution in [2.75, 3.05) is 11.5 Å². The summed E-state index contributed by atoms with van der Waals surface area (Å²) in [5.41, 5.74) is 2.31. The maximum Gasteiger partial charge on any atom is 0.183 e. The number of aliphatic imine (C=N–C) groups is 2. The van der Waals surface area contributed by atoms with E-state index in [1.165, 1.54) is 0 Å². The fourth-order valence-corrected chi connectivity index (χ4v) is 4.74. The molecule has 0 aromatic heterocycles. The molecule has 2 atom stereocenters. The summed E-state index contributed by atoms with van der Waals surface area (Å²) in [4.78, 5) is 10.2. The van der Waals surface area contributed by atoms with Gasteiger partial charge in [-0.05, 0) is 11.1 Å². The first kappa shape index (κ1) is 18.9. The lowest BCUT2D eigenvalue weighted by molar-refractivity contribution is 0.105. The van der Waals surface area contributed by atoms with Gasteiger partial charge in [-0.2, -0.15) is 0 Å². The fraction of sp³-hybridized carbons (Fsp3) is 0.182. The lowest BCUT2D eigenvalue weighted by Crippen LogP contribution is -2.40. The van der Waals surface area contributed by atoms with E-state index in [-0.39, 0.29) is 12.3 Å². The van der Waals surface area contributed by atoms with E-state index in [0.29, 0.717) is 0 Å². The number of thioether (sulfide) groups is 2. The van der Waals surface area contributed by atoms with Crippen molar-refractivity contribution in [1.82, 2.24) is 10.0 Å². The van der Waals surface area contributed by atoms with Crippen molar-refractivity contribution >= 4 is 33.9 Å². The minimum Gasteiger partial charge on any atom is -0.229 e. The molecule has 4 rings (SSSR count). The number of hydrogen-bond acceptors (Lipinski definition) is 6. The Balaban J connectivity index is 1.76. The SMILES string of the molecule is C=CCSC1=N[C@@H](c2ccccc2)N2C(SCC=C)=N[C@H](c3ccccc3)N12. The van der Waals surface area contributed by atoms with Crippen molar-refractivity contribution in [3.05, 3.63) is 97.1 Å². The molecule has 2 aliphatic heterocycles. The van der Waals surface area contributed by atoms with Gasteiger partial charge in [0, 0.05) is 11.5 Å². The molecule has 2 aromatic carbocycles. The fourth-order valence-electron chi connectivity index (χ4n) is 3.22. The number of hydrazine groups is 1. The number of amidine groups is 2. The second-order valence-electron chi connectivity index (χ2n) is 6.28. The number of rotatable bonds is 6. The zero-order chi connectivity index (χ0) is 19.3. The molecule has 6 heteroatoms. The molecule has 0 bridgehead atoms. The Morgan fingerprint density at radius 3 is 1.46 bits per heavy atom. The number of benzene rings is 2. The molecule has 0 radical (unpaired) electrons. The van der Waals surface area contributed by atoms with Gasteiger partial charge >= 0.3 is 0 Å². The summed E-state index contributed by atoms with van der Waals surface area (Å²) in [5, 5.41) is 6.40. The average molecular weight is 407 g/mol. The molecule has 0 amide bonds. The zero-order valence-corrected chi connectivity index (χ0v) is 17.1. The van der Waals surface area contributed by atoms with Crippen LogP contribution in [0.2, 0.25) is 0 Å². The van der Waals surface area contributed by atoms with Gasteiger partial charge in [0.2, 0.25) is 0 Å². The van der Waals surface area contributed by atoms with Crippen LogP contribution < -0.4 is 0 Å². The van der Waals surface area contributed by atoms with Crippen molar-refractivity contribution in [2.45, 2.75) is 12.3 Å². The molecule has 0 saturated carbocycles. The van der Waals surface area contributed by atoms with Crippen LogP contribution in [0.1, 0.15) is 23.5 Å². The lowest BCUT2D eigenvalue weighted by atomic mass is 10.2. The lowest BCUT2D eigenvalue weighted by Gasteiger charge is -2.31. The van der Waals surface area contributed by atoms with Crippen molar-refractivity contribution in [1.29, 1.82) is 0 Å². The average Bonchev–Trinajstić information content (AvgIpc) is 3.31. The number of hydrogen-bond donors (Lipinski definition) is 0. The van der Waals surface area contributed by atoms with Gasteiger partial charge in [0.15, 0.2) is 22.7 Å². The van der Waals surface area contributed by atoms with Crippen molar-refractivity contribution in [3.8, 4) is 0 Å². The van der Waals surface area contributed by atoms with Gasteiger partial charge in [-0.25, -0.2) is 20.0 Å². The normalized spacial score (nSPS) is 20.6. The van der Waals surface area contributed by atoms with Crippen molar-refractivity contribution in [2.24, 2.45) is 9.98 Å². The summed E-state index contributed by atoms with van der Waals surface area (Å²) >= 11 is 3.39. The molecule has 0 unspecified atom stereocenters. The Kier molecular flexibility index (Phi) is 5.88. The standard InChI is InChI=1S/C22H22N4S2/c1-3-15-27-21-23-19(17-11-7-5-8-12-17)26-22(28-16-4-2)24-20(25(21)26)18-13-9-6-10-14-18/h3-14,19-20H,1-2,15-16H2/t19-,20+. The summed E-state index contributed by atoms with van der Waals surface area (Å²) in [5.74, 6) is 1.61. The highest BCUT2D eigenvalue weighted by Gasteiger charge is 2.46. The molecule has 0 aliphatic carbocycles. The van der Waals surface area contributed by atoms with Gasteiger partial charge in [-0.15, -0.1) is 13.2 Å². The van der Waals surface area contributed by atoms with E-state index >= 15 is 0 Å². The van der Waals surface area contributed by atoms with Crippen molar-refractivity contribution in [3.63, 3.8) is 0 Å². The van der Waals surface area contributed by atoms with Crippen LogP contribution in [0.4, 0.5) is 0 Å². The Labute approximate surface area is 174 Å². The second-order valence-corrected chi connectivity index (χ2v) is 8.25. The van der Waals surface area contributed by atoms with E-state index in [9.17, 15) is 0 Å². The molecular formula is C22H22N4S2. The predicted molar refractivity (Wildman–Crippen MR) is 122 cm³/mol. The summed E-state index contributed by atoms with van der Waals surface area (Å²) in [7, 11) is 0. The van der Waals surface area contributed by atoms with Crippen LogP contribution in [0, 0.1) is 0 Å². The monoisotopic (exact) mass is 406 g/mol. The van der Waals surface area contributed by atoms with Gasteiger partial charge in [0.25, 0.3) is 0 Å². The maximum atomic E-state index is 5.08. The van der Waals surface area contributed by atoms with Crippen LogP contribution in [-0.4, -0.2) is 31.9 Å². The number of fused-ring (bicyclic) bond motifs is 1. The predicted octanol–water partition coefficient (Wildman–Crippen LogP) is 5.48. The third kappa shape index (κ3) is 3.62. The van der Waals surface area contributed by atoms with E-state index in [1.54, 1.807) is 23.5 Å². The van der Waals surface area contributed by atoms with Gasteiger partial charge in [0.05, 0.1) is 0 Å². The maximum absolute atomic E-state index is 5.08. The first-order valence-corrected chi connectivity index (χ1v) is 11.1. The van der Waals surface area contributed by atoms with E-state index in [0.717, 1.165) is 33.0 Å². The summed E-state index contributed by atoms with van der Waals surface area (Å²) < 4.78 is 0. The first-order valence-electron chi connectivity index (χ1n) is 9.14. The van der Waals surface area contributed by atoms with E-state index in [1.807, 2.05) is 24.3 Å². The molecule has 2 heterocycles. The zero-order valence-electron chi connectivity index (χ0n) is 15.5. The minimum absolute atomic E-state index is 0.113. The molecular weight excluding hydrogens is 384 g/mol. The van der Waals surface area contributed by atoms with Crippen LogP contribution in [0.5, 0.6) is 0 Å². The highest BCUT2D eigenvalue weighted by molar-refractivity contribution is 8.14. The Hall–Kier alpha value is -2.44. The van der Waals surface area contributed by atoms with Crippen LogP contribution in [0.15, 0.2) is 96.0 Å². The smallest absolute Gasteiger partial charge is 0.183 e. The molecule has 2 aliphatic rings. The van der Waals surface area contributed by atoms with Crippen LogP contribution >= 0.6 is 23.5 Å². The van der Waals surface area contributed by atoms with E-state index in [4.69, 9.17) is 9.98 Å². The molecule has 0 fully saturated rings.